The SMILES string of the molecule is Cc1cncc(C(=O)C2CCS(=O)(=O)C2)c1. The van der Waals surface area contributed by atoms with E-state index in [0.717, 1.165) is 5.56 Å². The van der Waals surface area contributed by atoms with Crippen LogP contribution in [0.3, 0.4) is 0 Å². The number of carbonyl (C=O) groups is 1. The lowest BCUT2D eigenvalue weighted by atomic mass is 9.98. The molecule has 1 aliphatic heterocycles. The molecule has 1 aliphatic rings. The molecular formula is C11H13NO3S. The van der Waals surface area contributed by atoms with Crippen LogP contribution in [0.5, 0.6) is 0 Å². The largest absolute Gasteiger partial charge is 0.294 e. The third kappa shape index (κ3) is 2.29. The van der Waals surface area contributed by atoms with Crippen molar-refractivity contribution >= 4 is 15.6 Å². The highest BCUT2D eigenvalue weighted by atomic mass is 32.2. The van der Waals surface area contributed by atoms with E-state index in [1.165, 1.54) is 6.20 Å². The molecule has 0 N–H and O–H groups in total. The fourth-order valence-corrected chi connectivity index (χ4v) is 3.67. The summed E-state index contributed by atoms with van der Waals surface area (Å²) in [6.45, 7) is 1.86. The molecule has 0 aromatic carbocycles. The Hall–Kier alpha value is -1.23. The van der Waals surface area contributed by atoms with Gasteiger partial charge in [-0.25, -0.2) is 8.42 Å². The summed E-state index contributed by atoms with van der Waals surface area (Å²) >= 11 is 0. The van der Waals surface area contributed by atoms with Gasteiger partial charge in [0.1, 0.15) is 0 Å². The van der Waals surface area contributed by atoms with Crippen LogP contribution in [0.4, 0.5) is 0 Å². The number of aromatic nitrogens is 1. The molecule has 1 aromatic heterocycles. The molecule has 86 valence electrons. The normalized spacial score (nSPS) is 23.2. The minimum Gasteiger partial charge on any atom is -0.294 e. The lowest BCUT2D eigenvalue weighted by Crippen LogP contribution is -2.16. The lowest BCUT2D eigenvalue weighted by Gasteiger charge is -2.06. The van der Waals surface area contributed by atoms with Crippen LogP contribution in [-0.4, -0.2) is 30.7 Å². The van der Waals surface area contributed by atoms with Gasteiger partial charge in [-0.2, -0.15) is 0 Å². The Morgan fingerprint density at radius 3 is 2.75 bits per heavy atom. The van der Waals surface area contributed by atoms with Gasteiger partial charge in [-0.1, -0.05) is 0 Å². The van der Waals surface area contributed by atoms with Gasteiger partial charge in [0.05, 0.1) is 11.5 Å². The summed E-state index contributed by atoms with van der Waals surface area (Å²) in [5, 5.41) is 0. The van der Waals surface area contributed by atoms with Crippen LogP contribution in [0.2, 0.25) is 0 Å². The van der Waals surface area contributed by atoms with Crippen LogP contribution in [0, 0.1) is 12.8 Å². The highest BCUT2D eigenvalue weighted by Gasteiger charge is 2.33. The molecule has 2 rings (SSSR count). The van der Waals surface area contributed by atoms with E-state index in [1.807, 2.05) is 6.92 Å². The van der Waals surface area contributed by atoms with Crippen molar-refractivity contribution < 1.29 is 13.2 Å². The van der Waals surface area contributed by atoms with E-state index in [1.54, 1.807) is 12.3 Å². The molecule has 1 atom stereocenters. The highest BCUT2D eigenvalue weighted by molar-refractivity contribution is 7.91. The van der Waals surface area contributed by atoms with E-state index >= 15 is 0 Å². The summed E-state index contributed by atoms with van der Waals surface area (Å²) < 4.78 is 22.6. The maximum atomic E-state index is 12.0. The summed E-state index contributed by atoms with van der Waals surface area (Å²) in [7, 11) is -3.00. The number of carbonyl (C=O) groups excluding carboxylic acids is 1. The second-order valence-electron chi connectivity index (χ2n) is 4.22. The fourth-order valence-electron chi connectivity index (χ4n) is 1.93. The highest BCUT2D eigenvalue weighted by Crippen LogP contribution is 2.22. The van der Waals surface area contributed by atoms with Gasteiger partial charge in [0, 0.05) is 23.9 Å². The molecule has 0 aliphatic carbocycles. The minimum absolute atomic E-state index is 0.0141. The van der Waals surface area contributed by atoms with Crippen molar-refractivity contribution in [3.63, 3.8) is 0 Å². The van der Waals surface area contributed by atoms with Gasteiger partial charge in [-0.15, -0.1) is 0 Å². The monoisotopic (exact) mass is 239 g/mol. The molecule has 1 unspecified atom stereocenters. The summed E-state index contributed by atoms with van der Waals surface area (Å²) in [5.41, 5.74) is 1.42. The molecule has 0 saturated carbocycles. The smallest absolute Gasteiger partial charge is 0.168 e. The van der Waals surface area contributed by atoms with Gasteiger partial charge in [0.25, 0.3) is 0 Å². The molecule has 5 heteroatoms. The number of Topliss-reactive ketones (excluding diaryl/α,β-unsaturated/α-hetero) is 1. The summed E-state index contributed by atoms with van der Waals surface area (Å²) in [6.07, 6.45) is 3.61. The van der Waals surface area contributed by atoms with Crippen LogP contribution >= 0.6 is 0 Å². The molecule has 16 heavy (non-hydrogen) atoms. The Labute approximate surface area is 94.6 Å². The van der Waals surface area contributed by atoms with Crippen molar-refractivity contribution in [3.8, 4) is 0 Å². The van der Waals surface area contributed by atoms with Crippen molar-refractivity contribution in [2.75, 3.05) is 11.5 Å². The van der Waals surface area contributed by atoms with Gasteiger partial charge in [0.15, 0.2) is 15.6 Å². The van der Waals surface area contributed by atoms with Crippen molar-refractivity contribution in [3.05, 3.63) is 29.6 Å². The van der Waals surface area contributed by atoms with Crippen LogP contribution in [0.1, 0.15) is 22.3 Å². The molecule has 1 saturated heterocycles. The van der Waals surface area contributed by atoms with E-state index in [4.69, 9.17) is 0 Å². The molecule has 0 spiro atoms. The first-order chi connectivity index (χ1) is 7.48. The zero-order valence-corrected chi connectivity index (χ0v) is 9.83. The summed E-state index contributed by atoms with van der Waals surface area (Å²) in [5.74, 6) is -0.367. The fraction of sp³-hybridized carbons (Fsp3) is 0.455. The zero-order chi connectivity index (χ0) is 11.8. The maximum Gasteiger partial charge on any atom is 0.168 e. The Balaban J connectivity index is 2.21. The second kappa shape index (κ2) is 3.97. The van der Waals surface area contributed by atoms with Crippen molar-refractivity contribution in [2.24, 2.45) is 5.92 Å². The predicted octanol–water partition coefficient (Wildman–Crippen LogP) is 1.01. The number of ketones is 1. The zero-order valence-electron chi connectivity index (χ0n) is 9.01. The molecule has 1 aromatic rings. The standard InChI is InChI=1S/C11H13NO3S/c1-8-4-10(6-12-5-8)11(13)9-2-3-16(14,15)7-9/h4-6,9H,2-3,7H2,1H3. The molecule has 1 fully saturated rings. The topological polar surface area (TPSA) is 64.1 Å². The number of aryl methyl sites for hydroxylation is 1. The molecule has 2 heterocycles. The molecule has 0 bridgehead atoms. The first-order valence-electron chi connectivity index (χ1n) is 5.14. The Morgan fingerprint density at radius 2 is 2.19 bits per heavy atom. The van der Waals surface area contributed by atoms with E-state index in [2.05, 4.69) is 4.98 Å². The first-order valence-corrected chi connectivity index (χ1v) is 6.96. The van der Waals surface area contributed by atoms with Gasteiger partial charge in [0.2, 0.25) is 0 Å². The molecule has 4 nitrogen and oxygen atoms in total. The van der Waals surface area contributed by atoms with Crippen LogP contribution in [-0.2, 0) is 9.84 Å². The Bertz CT molecular complexity index is 522. The Morgan fingerprint density at radius 1 is 1.44 bits per heavy atom. The molecule has 0 amide bonds. The molecule has 0 radical (unpaired) electrons. The number of hydrogen-bond donors (Lipinski definition) is 0. The first kappa shape index (κ1) is 11.3. The van der Waals surface area contributed by atoms with Gasteiger partial charge >= 0.3 is 0 Å². The average molecular weight is 239 g/mol. The predicted molar refractivity (Wildman–Crippen MR) is 60.1 cm³/mol. The minimum atomic E-state index is -3.00. The third-order valence-corrected chi connectivity index (χ3v) is 4.53. The van der Waals surface area contributed by atoms with Gasteiger partial charge < -0.3 is 0 Å². The molecular weight excluding hydrogens is 226 g/mol. The summed E-state index contributed by atoms with van der Waals surface area (Å²) in [4.78, 5) is 15.9. The third-order valence-electron chi connectivity index (χ3n) is 2.76. The number of sulfone groups is 1. The van der Waals surface area contributed by atoms with Gasteiger partial charge in [-0.3, -0.25) is 9.78 Å². The average Bonchev–Trinajstić information content (AvgIpc) is 2.58. The van der Waals surface area contributed by atoms with E-state index in [0.29, 0.717) is 12.0 Å². The number of nitrogens with zero attached hydrogens (tertiary/aromatic N) is 1. The van der Waals surface area contributed by atoms with Crippen molar-refractivity contribution in [1.82, 2.24) is 4.98 Å². The van der Waals surface area contributed by atoms with Crippen LogP contribution in [0.25, 0.3) is 0 Å². The second-order valence-corrected chi connectivity index (χ2v) is 6.44. The van der Waals surface area contributed by atoms with Crippen molar-refractivity contribution in [2.45, 2.75) is 13.3 Å². The number of hydrogen-bond acceptors (Lipinski definition) is 4. The summed E-state index contributed by atoms with van der Waals surface area (Å²) in [6, 6.07) is 1.75. The van der Waals surface area contributed by atoms with Crippen LogP contribution < -0.4 is 0 Å². The quantitative estimate of drug-likeness (QED) is 0.722. The Kier molecular flexibility index (Phi) is 2.80. The number of rotatable bonds is 2. The van der Waals surface area contributed by atoms with Gasteiger partial charge in [-0.05, 0) is 25.0 Å². The van der Waals surface area contributed by atoms with E-state index in [-0.39, 0.29) is 23.2 Å². The van der Waals surface area contributed by atoms with Crippen LogP contribution in [0.15, 0.2) is 18.5 Å². The van der Waals surface area contributed by atoms with E-state index in [9.17, 15) is 13.2 Å². The number of pyridine rings is 1. The van der Waals surface area contributed by atoms with E-state index < -0.39 is 9.84 Å². The van der Waals surface area contributed by atoms with Crippen molar-refractivity contribution in [1.29, 1.82) is 0 Å². The lowest BCUT2D eigenvalue weighted by molar-refractivity contribution is 0.0933. The maximum absolute atomic E-state index is 12.0.